The summed E-state index contributed by atoms with van der Waals surface area (Å²) in [6.07, 6.45) is 0. The molecule has 3 heterocycles. The van der Waals surface area contributed by atoms with Crippen molar-refractivity contribution in [3.8, 4) is 6.07 Å². The number of nitrogens with zero attached hydrogens (tertiary/aromatic N) is 2. The Kier molecular flexibility index (Phi) is 2.40. The number of nitriles is 1. The zero-order valence-electron chi connectivity index (χ0n) is 5.93. The van der Waals surface area contributed by atoms with E-state index in [-0.39, 0.29) is 0 Å². The van der Waals surface area contributed by atoms with Crippen LogP contribution >= 0.6 is 35.1 Å². The Bertz CT molecular complexity index is 334. The van der Waals surface area contributed by atoms with Gasteiger partial charge < -0.3 is 0 Å². The van der Waals surface area contributed by atoms with Crippen molar-refractivity contribution in [2.45, 2.75) is 4.58 Å². The second-order valence-corrected chi connectivity index (χ2v) is 5.22. The van der Waals surface area contributed by atoms with Crippen molar-refractivity contribution in [3.05, 3.63) is 27.5 Å². The summed E-state index contributed by atoms with van der Waals surface area (Å²) in [5, 5.41) is 12.1. The molecule has 2 aliphatic heterocycles. The van der Waals surface area contributed by atoms with E-state index in [1.807, 2.05) is 29.6 Å². The summed E-state index contributed by atoms with van der Waals surface area (Å²) < 4.78 is 4.64. The topological polar surface area (TPSA) is 36.7 Å². The predicted molar refractivity (Wildman–Crippen MR) is 53.9 cm³/mol. The van der Waals surface area contributed by atoms with Crippen LogP contribution in [-0.4, -0.2) is 8.96 Å². The molecular formula is C7H4N2S3. The third kappa shape index (κ3) is 1.83. The van der Waals surface area contributed by atoms with Gasteiger partial charge in [-0.25, -0.2) is 0 Å². The Morgan fingerprint density at radius 2 is 2.42 bits per heavy atom. The maximum atomic E-state index is 8.12. The van der Waals surface area contributed by atoms with E-state index in [0.29, 0.717) is 5.69 Å². The third-order valence-electron chi connectivity index (χ3n) is 1.28. The molecule has 0 saturated carbocycles. The van der Waals surface area contributed by atoms with Crippen molar-refractivity contribution in [1.82, 2.24) is 4.37 Å². The number of hydrogen-bond acceptors (Lipinski definition) is 5. The van der Waals surface area contributed by atoms with Gasteiger partial charge in [0.15, 0.2) is 5.69 Å². The van der Waals surface area contributed by atoms with E-state index in [2.05, 4.69) is 9.78 Å². The smallest absolute Gasteiger partial charge is 0.154 e. The Morgan fingerprint density at radius 1 is 1.58 bits per heavy atom. The van der Waals surface area contributed by atoms with Crippen molar-refractivity contribution < 1.29 is 0 Å². The fourth-order valence-electron chi connectivity index (χ4n) is 0.594. The van der Waals surface area contributed by atoms with Crippen LogP contribution in [0.5, 0.6) is 0 Å². The maximum Gasteiger partial charge on any atom is 0.154 e. The number of fused-ring (bicyclic) bond motifs is 1. The molecule has 2 aliphatic rings. The van der Waals surface area contributed by atoms with E-state index < -0.39 is 0 Å². The quantitative estimate of drug-likeness (QED) is 0.619. The molecule has 0 spiro atoms. The van der Waals surface area contributed by atoms with Crippen LogP contribution in [-0.2, 0) is 0 Å². The van der Waals surface area contributed by atoms with E-state index in [0.717, 1.165) is 4.58 Å². The van der Waals surface area contributed by atoms with Crippen LogP contribution in [0.25, 0.3) is 0 Å². The standard InChI is InChI=1S/C4H2N2S.C3H2S2/c5-3-4-1-2-7-6-4;1-2-3(4-1)5-2/h1-2H;1,3H. The lowest BCUT2D eigenvalue weighted by Gasteiger charge is -1.88. The molecule has 1 fully saturated rings. The minimum absolute atomic E-state index is 0.505. The highest BCUT2D eigenvalue weighted by molar-refractivity contribution is 8.31. The van der Waals surface area contributed by atoms with Gasteiger partial charge in [-0.05, 0) is 23.0 Å². The number of rotatable bonds is 0. The van der Waals surface area contributed by atoms with Crippen LogP contribution in [0, 0.1) is 11.3 Å². The Labute approximate surface area is 82.8 Å². The summed E-state index contributed by atoms with van der Waals surface area (Å²) in [6.45, 7) is 0. The lowest BCUT2D eigenvalue weighted by molar-refractivity contribution is 1.42. The van der Waals surface area contributed by atoms with E-state index in [9.17, 15) is 0 Å². The highest BCUT2D eigenvalue weighted by atomic mass is 32.2. The normalized spacial score (nSPS) is 21.9. The van der Waals surface area contributed by atoms with Crippen LogP contribution in [0.2, 0.25) is 0 Å². The minimum atomic E-state index is 0.505. The summed E-state index contributed by atoms with van der Waals surface area (Å²) in [5.74, 6) is 0. The van der Waals surface area contributed by atoms with Crippen molar-refractivity contribution >= 4 is 35.1 Å². The molecule has 60 valence electrons. The Balaban J connectivity index is 0.0000000978. The van der Waals surface area contributed by atoms with Crippen LogP contribution < -0.4 is 0 Å². The molecule has 1 saturated heterocycles. The van der Waals surface area contributed by atoms with Crippen molar-refractivity contribution in [2.24, 2.45) is 0 Å². The van der Waals surface area contributed by atoms with Gasteiger partial charge in [0.25, 0.3) is 0 Å². The van der Waals surface area contributed by atoms with Gasteiger partial charge in [-0.2, -0.15) is 9.64 Å². The molecule has 0 amide bonds. The first-order valence-corrected chi connectivity index (χ1v) is 5.89. The first kappa shape index (κ1) is 8.17. The van der Waals surface area contributed by atoms with Gasteiger partial charge in [-0.15, -0.1) is 23.5 Å². The van der Waals surface area contributed by atoms with Gasteiger partial charge >= 0.3 is 0 Å². The summed E-state index contributed by atoms with van der Waals surface area (Å²) in [5.41, 5.74) is 0.505. The van der Waals surface area contributed by atoms with Gasteiger partial charge in [-0.1, -0.05) is 0 Å². The zero-order chi connectivity index (χ0) is 8.39. The first-order chi connectivity index (χ1) is 5.90. The highest BCUT2D eigenvalue weighted by Crippen LogP contribution is 2.62. The summed E-state index contributed by atoms with van der Waals surface area (Å²) in [4.78, 5) is 1.61. The second kappa shape index (κ2) is 3.52. The fourth-order valence-corrected chi connectivity index (χ4v) is 3.04. The molecule has 0 aromatic carbocycles. The highest BCUT2D eigenvalue weighted by Gasteiger charge is 2.38. The number of thioether (sulfide) groups is 2. The van der Waals surface area contributed by atoms with Gasteiger partial charge in [0, 0.05) is 10.3 Å². The number of aromatic nitrogens is 1. The number of hydrogen-bond donors (Lipinski definition) is 0. The predicted octanol–water partition coefficient (Wildman–Crippen LogP) is 2.66. The molecule has 0 radical (unpaired) electrons. The average Bonchev–Trinajstić information content (AvgIpc) is 2.59. The molecular weight excluding hydrogens is 208 g/mol. The zero-order valence-corrected chi connectivity index (χ0v) is 8.38. The van der Waals surface area contributed by atoms with E-state index in [4.69, 9.17) is 5.26 Å². The molecule has 0 bridgehead atoms. The molecule has 1 unspecified atom stereocenters. The average molecular weight is 212 g/mol. The molecule has 1 aromatic rings. The molecule has 1 atom stereocenters. The lowest BCUT2D eigenvalue weighted by atomic mass is 10.5. The Hall–Kier alpha value is -0.440. The monoisotopic (exact) mass is 212 g/mol. The molecule has 1 aromatic heterocycles. The molecule has 0 aliphatic carbocycles. The third-order valence-corrected chi connectivity index (χ3v) is 4.49. The minimum Gasteiger partial charge on any atom is -0.191 e. The summed E-state index contributed by atoms with van der Waals surface area (Å²) in [7, 11) is 0. The van der Waals surface area contributed by atoms with Gasteiger partial charge in [0.2, 0.25) is 0 Å². The van der Waals surface area contributed by atoms with Crippen molar-refractivity contribution in [2.75, 3.05) is 0 Å². The fraction of sp³-hybridized carbons (Fsp3) is 0.143. The van der Waals surface area contributed by atoms with Crippen LogP contribution in [0.4, 0.5) is 0 Å². The van der Waals surface area contributed by atoms with E-state index in [1.165, 1.54) is 11.5 Å². The molecule has 0 N–H and O–H groups in total. The van der Waals surface area contributed by atoms with E-state index in [1.54, 1.807) is 16.4 Å². The Morgan fingerprint density at radius 3 is 2.58 bits per heavy atom. The van der Waals surface area contributed by atoms with Crippen LogP contribution in [0.1, 0.15) is 5.69 Å². The van der Waals surface area contributed by atoms with Crippen molar-refractivity contribution in [3.63, 3.8) is 0 Å². The van der Waals surface area contributed by atoms with Gasteiger partial charge in [0.1, 0.15) is 6.07 Å². The van der Waals surface area contributed by atoms with E-state index >= 15 is 0 Å². The summed E-state index contributed by atoms with van der Waals surface area (Å²) >= 11 is 5.21. The first-order valence-electron chi connectivity index (χ1n) is 3.23. The van der Waals surface area contributed by atoms with Gasteiger partial charge in [-0.3, -0.25) is 0 Å². The van der Waals surface area contributed by atoms with Crippen molar-refractivity contribution in [1.29, 1.82) is 5.26 Å². The molecule has 2 nitrogen and oxygen atoms in total. The second-order valence-electron chi connectivity index (χ2n) is 2.10. The van der Waals surface area contributed by atoms with Crippen LogP contribution in [0.15, 0.2) is 21.8 Å². The largest absolute Gasteiger partial charge is 0.191 e. The summed E-state index contributed by atoms with van der Waals surface area (Å²) in [6, 6.07) is 3.59. The van der Waals surface area contributed by atoms with Gasteiger partial charge in [0.05, 0.1) is 4.58 Å². The SMILES string of the molecule is C1=C2SC2S1.N#Cc1ccsn1. The lowest BCUT2D eigenvalue weighted by Crippen LogP contribution is -1.72. The maximum absolute atomic E-state index is 8.12. The van der Waals surface area contributed by atoms with Crippen LogP contribution in [0.3, 0.4) is 0 Å². The molecule has 12 heavy (non-hydrogen) atoms. The molecule has 3 rings (SSSR count). The molecule has 5 heteroatoms.